The Bertz CT molecular complexity index is 296. The number of hydrogen-bond donors (Lipinski definition) is 0. The van der Waals surface area contributed by atoms with Gasteiger partial charge in [0.15, 0.2) is 0 Å². The molecular weight excluding hydrogens is 184 g/mol. The van der Waals surface area contributed by atoms with Crippen molar-refractivity contribution in [2.75, 3.05) is 0 Å². The molecule has 0 aliphatic heterocycles. The van der Waals surface area contributed by atoms with Gasteiger partial charge in [-0.15, -0.1) is 0 Å². The zero-order valence-electron chi connectivity index (χ0n) is 9.86. The Hall–Kier alpha value is -1.24. The molecule has 82 valence electrons. The third-order valence-electron chi connectivity index (χ3n) is 2.21. The third-order valence-corrected chi connectivity index (χ3v) is 2.21. The Kier molecular flexibility index (Phi) is 4.96. The molecule has 0 amide bonds. The Morgan fingerprint density at radius 1 is 1.27 bits per heavy atom. The molecule has 0 spiro atoms. The van der Waals surface area contributed by atoms with E-state index in [9.17, 15) is 0 Å². The van der Waals surface area contributed by atoms with Gasteiger partial charge in [-0.25, -0.2) is 0 Å². The SMILES string of the molecule is CC(C)=CCCC(C)Oc1ccccc1. The van der Waals surface area contributed by atoms with E-state index in [1.807, 2.05) is 30.3 Å². The Morgan fingerprint density at radius 2 is 1.93 bits per heavy atom. The monoisotopic (exact) mass is 204 g/mol. The van der Waals surface area contributed by atoms with Gasteiger partial charge in [-0.2, -0.15) is 0 Å². The maximum Gasteiger partial charge on any atom is 0.119 e. The minimum Gasteiger partial charge on any atom is -0.491 e. The second kappa shape index (κ2) is 6.28. The van der Waals surface area contributed by atoms with Crippen LogP contribution in [-0.4, -0.2) is 6.10 Å². The molecule has 0 saturated carbocycles. The van der Waals surface area contributed by atoms with E-state index in [0.717, 1.165) is 18.6 Å². The highest BCUT2D eigenvalue weighted by Gasteiger charge is 2.01. The molecular formula is C14H20O. The smallest absolute Gasteiger partial charge is 0.119 e. The van der Waals surface area contributed by atoms with Crippen molar-refractivity contribution in [3.8, 4) is 5.75 Å². The van der Waals surface area contributed by atoms with Gasteiger partial charge in [0.1, 0.15) is 5.75 Å². The number of hydrogen-bond acceptors (Lipinski definition) is 1. The maximum absolute atomic E-state index is 5.77. The summed E-state index contributed by atoms with van der Waals surface area (Å²) in [7, 11) is 0. The van der Waals surface area contributed by atoms with E-state index < -0.39 is 0 Å². The lowest BCUT2D eigenvalue weighted by Crippen LogP contribution is -2.10. The number of rotatable bonds is 5. The molecule has 0 fully saturated rings. The molecule has 1 atom stereocenters. The zero-order valence-corrected chi connectivity index (χ0v) is 9.86. The summed E-state index contributed by atoms with van der Waals surface area (Å²) in [6.07, 6.45) is 4.70. The number of ether oxygens (including phenoxy) is 1. The van der Waals surface area contributed by atoms with Crippen LogP contribution in [0, 0.1) is 0 Å². The van der Waals surface area contributed by atoms with Crippen molar-refractivity contribution in [1.29, 1.82) is 0 Å². The van der Waals surface area contributed by atoms with Crippen molar-refractivity contribution in [2.24, 2.45) is 0 Å². The van der Waals surface area contributed by atoms with E-state index in [0.29, 0.717) is 0 Å². The van der Waals surface area contributed by atoms with Crippen LogP contribution in [0.15, 0.2) is 42.0 Å². The molecule has 0 aromatic heterocycles. The summed E-state index contributed by atoms with van der Waals surface area (Å²) in [4.78, 5) is 0. The second-order valence-electron chi connectivity index (χ2n) is 4.10. The van der Waals surface area contributed by atoms with Gasteiger partial charge in [0.25, 0.3) is 0 Å². The van der Waals surface area contributed by atoms with Crippen LogP contribution in [0.4, 0.5) is 0 Å². The number of allylic oxidation sites excluding steroid dienone is 2. The van der Waals surface area contributed by atoms with Crippen molar-refractivity contribution < 1.29 is 4.74 Å². The molecule has 0 saturated heterocycles. The first-order chi connectivity index (χ1) is 7.18. The lowest BCUT2D eigenvalue weighted by Gasteiger charge is -2.13. The highest BCUT2D eigenvalue weighted by atomic mass is 16.5. The van der Waals surface area contributed by atoms with Crippen molar-refractivity contribution in [1.82, 2.24) is 0 Å². The number of para-hydroxylation sites is 1. The molecule has 1 aromatic carbocycles. The van der Waals surface area contributed by atoms with Gasteiger partial charge in [-0.05, 0) is 45.7 Å². The Labute approximate surface area is 92.8 Å². The fourth-order valence-electron chi connectivity index (χ4n) is 1.40. The Morgan fingerprint density at radius 3 is 2.53 bits per heavy atom. The van der Waals surface area contributed by atoms with E-state index in [-0.39, 0.29) is 6.10 Å². The van der Waals surface area contributed by atoms with E-state index in [4.69, 9.17) is 4.74 Å². The summed E-state index contributed by atoms with van der Waals surface area (Å²) in [6.45, 7) is 6.37. The molecule has 0 aliphatic rings. The minimum absolute atomic E-state index is 0.281. The average Bonchev–Trinajstić information content (AvgIpc) is 2.18. The van der Waals surface area contributed by atoms with E-state index >= 15 is 0 Å². The molecule has 15 heavy (non-hydrogen) atoms. The predicted molar refractivity (Wildman–Crippen MR) is 65.2 cm³/mol. The normalized spacial score (nSPS) is 11.9. The summed E-state index contributed by atoms with van der Waals surface area (Å²) in [6, 6.07) is 9.99. The van der Waals surface area contributed by atoms with Crippen molar-refractivity contribution in [3.05, 3.63) is 42.0 Å². The first-order valence-corrected chi connectivity index (χ1v) is 5.53. The van der Waals surface area contributed by atoms with Crippen LogP contribution in [0.3, 0.4) is 0 Å². The van der Waals surface area contributed by atoms with Gasteiger partial charge in [0, 0.05) is 0 Å². The second-order valence-corrected chi connectivity index (χ2v) is 4.10. The first-order valence-electron chi connectivity index (χ1n) is 5.53. The van der Waals surface area contributed by atoms with Gasteiger partial charge < -0.3 is 4.74 Å². The molecule has 0 bridgehead atoms. The van der Waals surface area contributed by atoms with Crippen molar-refractivity contribution in [3.63, 3.8) is 0 Å². The minimum atomic E-state index is 0.281. The fourth-order valence-corrected chi connectivity index (χ4v) is 1.40. The van der Waals surface area contributed by atoms with Gasteiger partial charge in [-0.3, -0.25) is 0 Å². The molecule has 0 heterocycles. The molecule has 1 rings (SSSR count). The quantitative estimate of drug-likeness (QED) is 0.653. The van der Waals surface area contributed by atoms with Gasteiger partial charge in [0.2, 0.25) is 0 Å². The summed E-state index contributed by atoms with van der Waals surface area (Å²) in [5, 5.41) is 0. The van der Waals surface area contributed by atoms with Crippen LogP contribution < -0.4 is 4.74 Å². The molecule has 0 N–H and O–H groups in total. The summed E-state index contributed by atoms with van der Waals surface area (Å²) in [5.41, 5.74) is 1.38. The average molecular weight is 204 g/mol. The van der Waals surface area contributed by atoms with E-state index in [1.165, 1.54) is 5.57 Å². The van der Waals surface area contributed by atoms with Gasteiger partial charge in [0.05, 0.1) is 6.10 Å². The summed E-state index contributed by atoms with van der Waals surface area (Å²) >= 11 is 0. The molecule has 1 heteroatoms. The fraction of sp³-hybridized carbons (Fsp3) is 0.429. The highest BCUT2D eigenvalue weighted by Crippen LogP contribution is 2.13. The van der Waals surface area contributed by atoms with Crippen molar-refractivity contribution >= 4 is 0 Å². The van der Waals surface area contributed by atoms with E-state index in [2.05, 4.69) is 26.8 Å². The van der Waals surface area contributed by atoms with Crippen molar-refractivity contribution in [2.45, 2.75) is 39.7 Å². The lowest BCUT2D eigenvalue weighted by molar-refractivity contribution is 0.212. The van der Waals surface area contributed by atoms with Gasteiger partial charge in [-0.1, -0.05) is 29.8 Å². The molecule has 1 nitrogen and oxygen atoms in total. The lowest BCUT2D eigenvalue weighted by atomic mass is 10.2. The molecule has 1 aromatic rings. The van der Waals surface area contributed by atoms with Crippen LogP contribution in [0.1, 0.15) is 33.6 Å². The maximum atomic E-state index is 5.77. The Balaban J connectivity index is 2.30. The van der Waals surface area contributed by atoms with E-state index in [1.54, 1.807) is 0 Å². The summed E-state index contributed by atoms with van der Waals surface area (Å²) in [5.74, 6) is 0.960. The third kappa shape index (κ3) is 5.26. The van der Waals surface area contributed by atoms with Crippen LogP contribution in [0.25, 0.3) is 0 Å². The zero-order chi connectivity index (χ0) is 11.1. The topological polar surface area (TPSA) is 9.23 Å². The number of benzene rings is 1. The standard InChI is InChI=1S/C14H20O/c1-12(2)8-7-9-13(3)15-14-10-5-4-6-11-14/h4-6,8,10-11,13H,7,9H2,1-3H3. The first kappa shape index (κ1) is 11.8. The largest absolute Gasteiger partial charge is 0.491 e. The molecule has 0 radical (unpaired) electrons. The predicted octanol–water partition coefficient (Wildman–Crippen LogP) is 4.20. The van der Waals surface area contributed by atoms with Crippen LogP contribution in [0.2, 0.25) is 0 Å². The van der Waals surface area contributed by atoms with Crippen LogP contribution in [0.5, 0.6) is 5.75 Å². The molecule has 0 aliphatic carbocycles. The van der Waals surface area contributed by atoms with Gasteiger partial charge >= 0.3 is 0 Å². The highest BCUT2D eigenvalue weighted by molar-refractivity contribution is 5.21. The summed E-state index contributed by atoms with van der Waals surface area (Å²) < 4.78 is 5.77. The van der Waals surface area contributed by atoms with Crippen LogP contribution in [-0.2, 0) is 0 Å². The molecule has 1 unspecified atom stereocenters. The van der Waals surface area contributed by atoms with Crippen LogP contribution >= 0.6 is 0 Å².